The van der Waals surface area contributed by atoms with Crippen LogP contribution in [0.5, 0.6) is 0 Å². The Morgan fingerprint density at radius 3 is 2.61 bits per heavy atom. The topological polar surface area (TPSA) is 32.3 Å². The molecule has 0 aromatic heterocycles. The first-order valence-electron chi connectivity index (χ1n) is 7.40. The third kappa shape index (κ3) is 3.78. The summed E-state index contributed by atoms with van der Waals surface area (Å²) in [7, 11) is -0.537. The molecule has 0 saturated carbocycles. The molecule has 2 aliphatic heterocycles. The average molecular weight is 272 g/mol. The van der Waals surface area contributed by atoms with Crippen LogP contribution in [0, 0.1) is 5.92 Å². The summed E-state index contributed by atoms with van der Waals surface area (Å²) < 4.78 is 11.5. The van der Waals surface area contributed by atoms with E-state index in [0.717, 1.165) is 36.8 Å². The summed E-state index contributed by atoms with van der Waals surface area (Å²) in [6.07, 6.45) is 3.53. The van der Waals surface area contributed by atoms with Gasteiger partial charge in [-0.15, -0.1) is 0 Å². The Balaban J connectivity index is 1.90. The molecule has 2 saturated heterocycles. The van der Waals surface area contributed by atoms with Crippen molar-refractivity contribution >= 4 is 10.8 Å². The molecular formula is C14H28N2OS. The summed E-state index contributed by atoms with van der Waals surface area (Å²) >= 11 is 0. The zero-order valence-corrected chi connectivity index (χ0v) is 12.8. The second-order valence-electron chi connectivity index (χ2n) is 6.36. The van der Waals surface area contributed by atoms with Crippen molar-refractivity contribution in [1.29, 1.82) is 0 Å². The fourth-order valence-corrected chi connectivity index (χ4v) is 4.58. The maximum absolute atomic E-state index is 11.5. The predicted octanol–water partition coefficient (Wildman–Crippen LogP) is 1.61. The third-order valence-corrected chi connectivity index (χ3v) is 5.66. The molecule has 1 N–H and O–H groups in total. The molecule has 2 unspecified atom stereocenters. The summed E-state index contributed by atoms with van der Waals surface area (Å²) in [6.45, 7) is 9.21. The van der Waals surface area contributed by atoms with E-state index in [1.165, 1.54) is 13.0 Å². The Bertz CT molecular complexity index is 286. The highest BCUT2D eigenvalue weighted by atomic mass is 32.2. The molecule has 4 heteroatoms. The van der Waals surface area contributed by atoms with Gasteiger partial charge in [0.25, 0.3) is 0 Å². The first-order chi connectivity index (χ1) is 8.56. The molecule has 106 valence electrons. The normalized spacial score (nSPS) is 39.1. The molecule has 0 bridgehead atoms. The van der Waals surface area contributed by atoms with Gasteiger partial charge < -0.3 is 5.32 Å². The van der Waals surface area contributed by atoms with Gasteiger partial charge >= 0.3 is 0 Å². The summed E-state index contributed by atoms with van der Waals surface area (Å²) in [5.41, 5.74) is 0. The van der Waals surface area contributed by atoms with Crippen LogP contribution in [0.15, 0.2) is 0 Å². The third-order valence-electron chi connectivity index (χ3n) is 4.28. The largest absolute Gasteiger partial charge is 0.311 e. The average Bonchev–Trinajstić information content (AvgIpc) is 2.32. The maximum Gasteiger partial charge on any atom is 0.0249 e. The molecule has 2 aliphatic rings. The quantitative estimate of drug-likeness (QED) is 0.847. The Morgan fingerprint density at radius 2 is 2.00 bits per heavy atom. The van der Waals surface area contributed by atoms with Gasteiger partial charge in [-0.25, -0.2) is 0 Å². The molecule has 0 aliphatic carbocycles. The van der Waals surface area contributed by atoms with Crippen molar-refractivity contribution in [3.05, 3.63) is 0 Å². The SMILES string of the molecule is CC(C)CC1CN(C2CCS(=O)CC2)C(C)CN1. The van der Waals surface area contributed by atoms with Gasteiger partial charge in [0.2, 0.25) is 0 Å². The molecule has 0 spiro atoms. The van der Waals surface area contributed by atoms with Crippen LogP contribution in [-0.4, -0.2) is 51.8 Å². The monoisotopic (exact) mass is 272 g/mol. The van der Waals surface area contributed by atoms with E-state index < -0.39 is 10.8 Å². The van der Waals surface area contributed by atoms with Crippen molar-refractivity contribution in [3.8, 4) is 0 Å². The second-order valence-corrected chi connectivity index (χ2v) is 8.06. The Kier molecular flexibility index (Phi) is 5.22. The lowest BCUT2D eigenvalue weighted by atomic mass is 9.97. The lowest BCUT2D eigenvalue weighted by Crippen LogP contribution is -2.59. The van der Waals surface area contributed by atoms with E-state index in [-0.39, 0.29) is 0 Å². The number of rotatable bonds is 3. The molecule has 0 radical (unpaired) electrons. The highest BCUT2D eigenvalue weighted by Crippen LogP contribution is 2.22. The van der Waals surface area contributed by atoms with E-state index in [2.05, 4.69) is 31.0 Å². The molecular weight excluding hydrogens is 244 g/mol. The fourth-order valence-electron chi connectivity index (χ4n) is 3.30. The molecule has 0 aromatic carbocycles. The van der Waals surface area contributed by atoms with Gasteiger partial charge in [-0.3, -0.25) is 9.11 Å². The summed E-state index contributed by atoms with van der Waals surface area (Å²) in [4.78, 5) is 2.68. The zero-order chi connectivity index (χ0) is 13.1. The molecule has 2 rings (SSSR count). The maximum atomic E-state index is 11.5. The van der Waals surface area contributed by atoms with Gasteiger partial charge in [0, 0.05) is 53.5 Å². The minimum Gasteiger partial charge on any atom is -0.311 e. The van der Waals surface area contributed by atoms with Crippen molar-refractivity contribution in [2.45, 2.75) is 58.2 Å². The zero-order valence-electron chi connectivity index (χ0n) is 12.0. The van der Waals surface area contributed by atoms with Crippen molar-refractivity contribution in [2.24, 2.45) is 5.92 Å². The predicted molar refractivity (Wildman–Crippen MR) is 78.3 cm³/mol. The fraction of sp³-hybridized carbons (Fsp3) is 1.00. The van der Waals surface area contributed by atoms with Gasteiger partial charge in [0.05, 0.1) is 0 Å². The van der Waals surface area contributed by atoms with Gasteiger partial charge in [-0.1, -0.05) is 13.8 Å². The van der Waals surface area contributed by atoms with Crippen LogP contribution in [-0.2, 0) is 10.8 Å². The van der Waals surface area contributed by atoms with Crippen LogP contribution < -0.4 is 5.32 Å². The summed E-state index contributed by atoms with van der Waals surface area (Å²) in [6, 6.07) is 1.95. The van der Waals surface area contributed by atoms with Crippen molar-refractivity contribution in [3.63, 3.8) is 0 Å². The molecule has 0 aromatic rings. The Morgan fingerprint density at radius 1 is 1.33 bits per heavy atom. The van der Waals surface area contributed by atoms with Crippen LogP contribution in [0.3, 0.4) is 0 Å². The van der Waals surface area contributed by atoms with E-state index >= 15 is 0 Å². The van der Waals surface area contributed by atoms with Crippen LogP contribution >= 0.6 is 0 Å². The smallest absolute Gasteiger partial charge is 0.0249 e. The van der Waals surface area contributed by atoms with Crippen LogP contribution in [0.4, 0.5) is 0 Å². The number of nitrogens with zero attached hydrogens (tertiary/aromatic N) is 1. The lowest BCUT2D eigenvalue weighted by Gasteiger charge is -2.45. The number of hydrogen-bond donors (Lipinski definition) is 1. The van der Waals surface area contributed by atoms with Gasteiger partial charge in [0.15, 0.2) is 0 Å². The summed E-state index contributed by atoms with van der Waals surface area (Å²) in [5.74, 6) is 2.59. The van der Waals surface area contributed by atoms with E-state index in [1.54, 1.807) is 0 Å². The minimum atomic E-state index is -0.537. The van der Waals surface area contributed by atoms with Gasteiger partial charge in [-0.2, -0.15) is 0 Å². The Labute approximate surface area is 114 Å². The highest BCUT2D eigenvalue weighted by Gasteiger charge is 2.32. The lowest BCUT2D eigenvalue weighted by molar-refractivity contribution is 0.0797. The number of nitrogens with one attached hydrogen (secondary N) is 1. The van der Waals surface area contributed by atoms with E-state index in [9.17, 15) is 4.21 Å². The highest BCUT2D eigenvalue weighted by molar-refractivity contribution is 7.85. The van der Waals surface area contributed by atoms with Gasteiger partial charge in [-0.05, 0) is 32.1 Å². The molecule has 2 fully saturated rings. The van der Waals surface area contributed by atoms with Crippen molar-refractivity contribution < 1.29 is 4.21 Å². The molecule has 2 atom stereocenters. The van der Waals surface area contributed by atoms with Gasteiger partial charge in [0.1, 0.15) is 0 Å². The van der Waals surface area contributed by atoms with E-state index in [4.69, 9.17) is 0 Å². The molecule has 18 heavy (non-hydrogen) atoms. The first-order valence-corrected chi connectivity index (χ1v) is 8.89. The molecule has 3 nitrogen and oxygen atoms in total. The molecule has 2 heterocycles. The van der Waals surface area contributed by atoms with Crippen LogP contribution in [0.25, 0.3) is 0 Å². The van der Waals surface area contributed by atoms with Crippen LogP contribution in [0.2, 0.25) is 0 Å². The van der Waals surface area contributed by atoms with Crippen LogP contribution in [0.1, 0.15) is 40.0 Å². The van der Waals surface area contributed by atoms with Crippen molar-refractivity contribution in [1.82, 2.24) is 10.2 Å². The number of piperazine rings is 1. The van der Waals surface area contributed by atoms with Crippen molar-refractivity contribution in [2.75, 3.05) is 24.6 Å². The minimum absolute atomic E-state index is 0.537. The standard InChI is InChI=1S/C14H28N2OS/c1-11(2)8-13-10-16(12(3)9-15-13)14-4-6-18(17)7-5-14/h11-15H,4-10H2,1-3H3. The second kappa shape index (κ2) is 6.49. The first kappa shape index (κ1) is 14.5. The van der Waals surface area contributed by atoms with E-state index in [0.29, 0.717) is 18.1 Å². The number of hydrogen-bond acceptors (Lipinski definition) is 3. The summed E-state index contributed by atoms with van der Waals surface area (Å²) in [5, 5.41) is 3.68. The Hall–Kier alpha value is 0.0700. The van der Waals surface area contributed by atoms with E-state index in [1.807, 2.05) is 0 Å². The molecule has 0 amide bonds.